The van der Waals surface area contributed by atoms with E-state index in [1.165, 1.54) is 16.9 Å². The van der Waals surface area contributed by atoms with Crippen molar-refractivity contribution in [2.45, 2.75) is 19.9 Å². The average molecular weight is 368 g/mol. The number of thiophene rings is 1. The van der Waals surface area contributed by atoms with Gasteiger partial charge in [-0.25, -0.2) is 0 Å². The summed E-state index contributed by atoms with van der Waals surface area (Å²) in [6, 6.07) is 5.88. The van der Waals surface area contributed by atoms with Crippen LogP contribution in [0.15, 0.2) is 34.4 Å². The molecule has 0 aliphatic carbocycles. The lowest BCUT2D eigenvalue weighted by Crippen LogP contribution is -2.26. The number of rotatable bonds is 7. The van der Waals surface area contributed by atoms with E-state index in [1.54, 1.807) is 6.20 Å². The molecule has 2 heterocycles. The number of carbonyl (C=O) groups is 1. The van der Waals surface area contributed by atoms with Crippen molar-refractivity contribution in [2.24, 2.45) is 0 Å². The number of aromatic nitrogens is 1. The zero-order chi connectivity index (χ0) is 15.1. The standard InChI is InChI=1S/C15H18BrN3OS/c1-11-8-13(21-14(11)16)15(20)19-7-3-6-18-10-12-4-2-5-17-9-12/h2,4-5,8-9,18H,3,6-7,10H2,1H3,(H,19,20). The number of hydrogen-bond acceptors (Lipinski definition) is 4. The van der Waals surface area contributed by atoms with Gasteiger partial charge in [0.2, 0.25) is 0 Å². The Hall–Kier alpha value is -1.24. The van der Waals surface area contributed by atoms with Crippen molar-refractivity contribution < 1.29 is 4.79 Å². The summed E-state index contributed by atoms with van der Waals surface area (Å²) in [5.41, 5.74) is 2.27. The second-order valence-electron chi connectivity index (χ2n) is 4.71. The maximum absolute atomic E-state index is 11.9. The minimum Gasteiger partial charge on any atom is -0.351 e. The maximum atomic E-state index is 11.9. The van der Waals surface area contributed by atoms with E-state index in [0.29, 0.717) is 6.54 Å². The van der Waals surface area contributed by atoms with Gasteiger partial charge in [-0.2, -0.15) is 0 Å². The van der Waals surface area contributed by atoms with Crippen LogP contribution in [0, 0.1) is 6.92 Å². The summed E-state index contributed by atoms with van der Waals surface area (Å²) < 4.78 is 1.02. The molecule has 0 aromatic carbocycles. The molecule has 0 bridgehead atoms. The lowest BCUT2D eigenvalue weighted by atomic mass is 10.3. The maximum Gasteiger partial charge on any atom is 0.261 e. The number of halogens is 1. The van der Waals surface area contributed by atoms with Gasteiger partial charge in [0.05, 0.1) is 8.66 Å². The Kier molecular flexibility index (Phi) is 6.35. The summed E-state index contributed by atoms with van der Waals surface area (Å²) in [7, 11) is 0. The van der Waals surface area contributed by atoms with Gasteiger partial charge in [0.25, 0.3) is 5.91 Å². The molecule has 0 atom stereocenters. The fraction of sp³-hybridized carbons (Fsp3) is 0.333. The van der Waals surface area contributed by atoms with E-state index in [1.807, 2.05) is 31.3 Å². The molecule has 0 aliphatic rings. The van der Waals surface area contributed by atoms with Crippen LogP contribution in [-0.4, -0.2) is 24.0 Å². The van der Waals surface area contributed by atoms with E-state index in [0.717, 1.165) is 33.7 Å². The fourth-order valence-corrected chi connectivity index (χ4v) is 3.26. The zero-order valence-electron chi connectivity index (χ0n) is 11.9. The molecule has 6 heteroatoms. The van der Waals surface area contributed by atoms with Crippen LogP contribution in [0.25, 0.3) is 0 Å². The van der Waals surface area contributed by atoms with Gasteiger partial charge in [-0.15, -0.1) is 11.3 Å². The van der Waals surface area contributed by atoms with Gasteiger partial charge in [0, 0.05) is 25.5 Å². The molecular weight excluding hydrogens is 350 g/mol. The SMILES string of the molecule is Cc1cc(C(=O)NCCCNCc2cccnc2)sc1Br. The Morgan fingerprint density at radius 1 is 1.43 bits per heavy atom. The summed E-state index contributed by atoms with van der Waals surface area (Å²) in [5.74, 6) is 0.000981. The topological polar surface area (TPSA) is 54.0 Å². The van der Waals surface area contributed by atoms with E-state index in [9.17, 15) is 4.79 Å². The molecule has 2 aromatic heterocycles. The average Bonchev–Trinajstić information content (AvgIpc) is 2.83. The molecule has 4 nitrogen and oxygen atoms in total. The first-order chi connectivity index (χ1) is 10.2. The largest absolute Gasteiger partial charge is 0.351 e. The molecule has 2 rings (SSSR count). The predicted octanol–water partition coefficient (Wildman–Crippen LogP) is 3.12. The molecule has 0 aliphatic heterocycles. The van der Waals surface area contributed by atoms with Gasteiger partial charge in [0.15, 0.2) is 0 Å². The lowest BCUT2D eigenvalue weighted by molar-refractivity contribution is 0.0957. The molecule has 0 saturated carbocycles. The van der Waals surface area contributed by atoms with E-state index < -0.39 is 0 Å². The monoisotopic (exact) mass is 367 g/mol. The highest BCUT2D eigenvalue weighted by Gasteiger charge is 2.10. The second-order valence-corrected chi connectivity index (χ2v) is 7.08. The predicted molar refractivity (Wildman–Crippen MR) is 89.6 cm³/mol. The quantitative estimate of drug-likeness (QED) is 0.739. The van der Waals surface area contributed by atoms with Crippen LogP contribution < -0.4 is 10.6 Å². The molecule has 112 valence electrons. The molecule has 0 fully saturated rings. The van der Waals surface area contributed by atoms with Crippen LogP contribution in [0.5, 0.6) is 0 Å². The molecule has 0 unspecified atom stereocenters. The number of amides is 1. The van der Waals surface area contributed by atoms with Crippen molar-refractivity contribution in [3.8, 4) is 0 Å². The first kappa shape index (κ1) is 16.1. The second kappa shape index (κ2) is 8.26. The van der Waals surface area contributed by atoms with Crippen molar-refractivity contribution in [2.75, 3.05) is 13.1 Å². The molecule has 1 amide bonds. The van der Waals surface area contributed by atoms with Crippen LogP contribution in [0.1, 0.15) is 27.2 Å². The lowest BCUT2D eigenvalue weighted by Gasteiger charge is -2.05. The summed E-state index contributed by atoms with van der Waals surface area (Å²) in [6.07, 6.45) is 4.52. The minimum absolute atomic E-state index is 0.000981. The van der Waals surface area contributed by atoms with Gasteiger partial charge in [-0.3, -0.25) is 9.78 Å². The van der Waals surface area contributed by atoms with Gasteiger partial charge >= 0.3 is 0 Å². The molecule has 2 aromatic rings. The highest BCUT2D eigenvalue weighted by Crippen LogP contribution is 2.27. The number of pyridine rings is 1. The molecule has 0 saturated heterocycles. The number of nitrogens with one attached hydrogen (secondary N) is 2. The van der Waals surface area contributed by atoms with Crippen LogP contribution in [0.3, 0.4) is 0 Å². The Morgan fingerprint density at radius 3 is 2.95 bits per heavy atom. The highest BCUT2D eigenvalue weighted by atomic mass is 79.9. The Balaban J connectivity index is 1.60. The molecule has 21 heavy (non-hydrogen) atoms. The molecule has 0 radical (unpaired) electrons. The van der Waals surface area contributed by atoms with E-state index in [-0.39, 0.29) is 5.91 Å². The summed E-state index contributed by atoms with van der Waals surface area (Å²) in [4.78, 5) is 16.7. The number of nitrogens with zero attached hydrogens (tertiary/aromatic N) is 1. The normalized spacial score (nSPS) is 10.6. The van der Waals surface area contributed by atoms with Crippen LogP contribution in [0.2, 0.25) is 0 Å². The number of aryl methyl sites for hydroxylation is 1. The summed E-state index contributed by atoms with van der Waals surface area (Å²) in [6.45, 7) is 4.33. The third-order valence-electron chi connectivity index (χ3n) is 2.95. The van der Waals surface area contributed by atoms with Gasteiger partial charge in [-0.1, -0.05) is 6.07 Å². The van der Waals surface area contributed by atoms with E-state index >= 15 is 0 Å². The van der Waals surface area contributed by atoms with Crippen LogP contribution in [-0.2, 0) is 6.54 Å². The van der Waals surface area contributed by atoms with Crippen molar-refractivity contribution in [1.29, 1.82) is 0 Å². The first-order valence-electron chi connectivity index (χ1n) is 6.80. The van der Waals surface area contributed by atoms with Gasteiger partial charge in [0.1, 0.15) is 0 Å². The Morgan fingerprint density at radius 2 is 2.29 bits per heavy atom. The van der Waals surface area contributed by atoms with E-state index in [2.05, 4.69) is 31.5 Å². The Bertz CT molecular complexity index is 566. The zero-order valence-corrected chi connectivity index (χ0v) is 14.3. The third-order valence-corrected chi connectivity index (χ3v) is 5.08. The summed E-state index contributed by atoms with van der Waals surface area (Å²) in [5, 5.41) is 6.27. The van der Waals surface area contributed by atoms with Gasteiger partial charge < -0.3 is 10.6 Å². The van der Waals surface area contributed by atoms with E-state index in [4.69, 9.17) is 0 Å². The fourth-order valence-electron chi connectivity index (χ4n) is 1.81. The summed E-state index contributed by atoms with van der Waals surface area (Å²) >= 11 is 4.90. The molecule has 2 N–H and O–H groups in total. The van der Waals surface area contributed by atoms with Crippen molar-refractivity contribution in [1.82, 2.24) is 15.6 Å². The molecular formula is C15H18BrN3OS. The third kappa shape index (κ3) is 5.22. The Labute approximate surface area is 137 Å². The van der Waals surface area contributed by atoms with Crippen LogP contribution in [0.4, 0.5) is 0 Å². The number of carbonyl (C=O) groups excluding carboxylic acids is 1. The van der Waals surface area contributed by atoms with Crippen LogP contribution >= 0.6 is 27.3 Å². The smallest absolute Gasteiger partial charge is 0.261 e. The minimum atomic E-state index is 0.000981. The molecule has 0 spiro atoms. The highest BCUT2D eigenvalue weighted by molar-refractivity contribution is 9.11. The number of hydrogen-bond donors (Lipinski definition) is 2. The first-order valence-corrected chi connectivity index (χ1v) is 8.41. The van der Waals surface area contributed by atoms with Crippen molar-refractivity contribution >= 4 is 33.2 Å². The van der Waals surface area contributed by atoms with Crippen molar-refractivity contribution in [3.63, 3.8) is 0 Å². The van der Waals surface area contributed by atoms with Gasteiger partial charge in [-0.05, 0) is 59.1 Å². The van der Waals surface area contributed by atoms with Crippen molar-refractivity contribution in [3.05, 3.63) is 50.4 Å².